The highest BCUT2D eigenvalue weighted by atomic mass is 32.2. The van der Waals surface area contributed by atoms with E-state index in [1.807, 2.05) is 52.1 Å². The number of nitrogens with one attached hydrogen (secondary N) is 1. The molecule has 8 nitrogen and oxygen atoms in total. The third kappa shape index (κ3) is 4.73. The molecule has 3 rings (SSSR count). The number of ether oxygens (including phenoxy) is 1. The van der Waals surface area contributed by atoms with Gasteiger partial charge in [-0.2, -0.15) is 4.98 Å². The van der Waals surface area contributed by atoms with E-state index in [-0.39, 0.29) is 18.9 Å². The molecule has 152 valence electrons. The molecule has 0 fully saturated rings. The molecular weight excluding hydrogens is 390 g/mol. The van der Waals surface area contributed by atoms with Crippen molar-refractivity contribution in [2.24, 2.45) is 0 Å². The number of carbonyl (C=O) groups is 2. The Bertz CT molecular complexity index is 1090. The summed E-state index contributed by atoms with van der Waals surface area (Å²) in [7, 11) is 0. The summed E-state index contributed by atoms with van der Waals surface area (Å²) in [5.74, 6) is -0.386. The van der Waals surface area contributed by atoms with Crippen LogP contribution in [0.5, 0.6) is 0 Å². The van der Waals surface area contributed by atoms with Crippen LogP contribution in [0.25, 0.3) is 5.78 Å². The van der Waals surface area contributed by atoms with Crippen LogP contribution in [0.1, 0.15) is 28.1 Å². The van der Waals surface area contributed by atoms with E-state index in [0.717, 1.165) is 22.4 Å². The average Bonchev–Trinajstić information content (AvgIpc) is 3.09. The van der Waals surface area contributed by atoms with Crippen molar-refractivity contribution in [2.75, 3.05) is 18.2 Å². The molecule has 0 atom stereocenters. The van der Waals surface area contributed by atoms with Crippen LogP contribution < -0.4 is 5.32 Å². The van der Waals surface area contributed by atoms with Gasteiger partial charge >= 0.3 is 5.97 Å². The third-order valence-electron chi connectivity index (χ3n) is 4.56. The van der Waals surface area contributed by atoms with Gasteiger partial charge in [-0.1, -0.05) is 23.9 Å². The zero-order chi connectivity index (χ0) is 21.1. The van der Waals surface area contributed by atoms with E-state index in [0.29, 0.717) is 22.3 Å². The minimum absolute atomic E-state index is 0.00577. The highest BCUT2D eigenvalue weighted by molar-refractivity contribution is 7.98. The summed E-state index contributed by atoms with van der Waals surface area (Å²) in [6.45, 7) is 7.18. The summed E-state index contributed by atoms with van der Waals surface area (Å²) in [6, 6.07) is 5.78. The Morgan fingerprint density at radius 2 is 1.93 bits per heavy atom. The summed E-state index contributed by atoms with van der Waals surface area (Å²) in [5, 5.41) is 7.75. The summed E-state index contributed by atoms with van der Waals surface area (Å²) in [4.78, 5) is 33.2. The predicted molar refractivity (Wildman–Crippen MR) is 111 cm³/mol. The minimum Gasteiger partial charge on any atom is -0.455 e. The molecule has 1 amide bonds. The maximum atomic E-state index is 12.3. The van der Waals surface area contributed by atoms with Gasteiger partial charge in [0.2, 0.25) is 5.16 Å². The smallest absolute Gasteiger partial charge is 0.310 e. The van der Waals surface area contributed by atoms with Crippen LogP contribution in [0, 0.1) is 27.7 Å². The third-order valence-corrected chi connectivity index (χ3v) is 5.10. The van der Waals surface area contributed by atoms with Crippen LogP contribution in [-0.2, 0) is 20.7 Å². The van der Waals surface area contributed by atoms with Gasteiger partial charge in [-0.3, -0.25) is 9.59 Å². The van der Waals surface area contributed by atoms with E-state index in [2.05, 4.69) is 20.4 Å². The molecule has 2 heterocycles. The lowest BCUT2D eigenvalue weighted by molar-refractivity contribution is -0.146. The molecule has 0 unspecified atom stereocenters. The van der Waals surface area contributed by atoms with Gasteiger partial charge < -0.3 is 10.1 Å². The van der Waals surface area contributed by atoms with Gasteiger partial charge in [0.1, 0.15) is 0 Å². The van der Waals surface area contributed by atoms with E-state index in [1.54, 1.807) is 4.52 Å². The van der Waals surface area contributed by atoms with Crippen LogP contribution >= 0.6 is 11.8 Å². The van der Waals surface area contributed by atoms with Crippen molar-refractivity contribution in [3.63, 3.8) is 0 Å². The molecule has 0 aliphatic heterocycles. The Kier molecular flexibility index (Phi) is 6.17. The first-order valence-corrected chi connectivity index (χ1v) is 10.3. The Balaban J connectivity index is 1.65. The highest BCUT2D eigenvalue weighted by Crippen LogP contribution is 2.18. The lowest BCUT2D eigenvalue weighted by atomic mass is 10.1. The van der Waals surface area contributed by atoms with Crippen molar-refractivity contribution in [1.82, 2.24) is 19.6 Å². The van der Waals surface area contributed by atoms with Gasteiger partial charge in [-0.25, -0.2) is 9.50 Å². The van der Waals surface area contributed by atoms with E-state index < -0.39 is 5.97 Å². The van der Waals surface area contributed by atoms with Crippen molar-refractivity contribution in [3.8, 4) is 0 Å². The number of benzene rings is 1. The molecule has 9 heteroatoms. The number of fused-ring (bicyclic) bond motifs is 1. The first-order valence-electron chi connectivity index (χ1n) is 9.08. The van der Waals surface area contributed by atoms with Gasteiger partial charge in [0, 0.05) is 22.6 Å². The van der Waals surface area contributed by atoms with Crippen LogP contribution in [-0.4, -0.2) is 44.3 Å². The lowest BCUT2D eigenvalue weighted by Crippen LogP contribution is -2.22. The first-order chi connectivity index (χ1) is 13.8. The zero-order valence-corrected chi connectivity index (χ0v) is 17.9. The van der Waals surface area contributed by atoms with Gasteiger partial charge in [0.05, 0.1) is 6.42 Å². The molecule has 0 aliphatic carbocycles. The quantitative estimate of drug-likeness (QED) is 0.490. The Morgan fingerprint density at radius 3 is 2.66 bits per heavy atom. The van der Waals surface area contributed by atoms with Gasteiger partial charge in [0.25, 0.3) is 11.7 Å². The second-order valence-corrected chi connectivity index (χ2v) is 7.55. The zero-order valence-electron chi connectivity index (χ0n) is 17.1. The summed E-state index contributed by atoms with van der Waals surface area (Å²) in [6.07, 6.45) is 1.89. The fourth-order valence-corrected chi connectivity index (χ4v) is 3.27. The monoisotopic (exact) mass is 413 g/mol. The molecule has 0 spiro atoms. The molecule has 29 heavy (non-hydrogen) atoms. The standard InChI is InChI=1S/C20H23N5O3S/c1-11-6-7-12(2)16(8-11)22-17(26)10-28-18(27)9-15-13(3)21-19-23-20(29-5)24-25(19)14(15)4/h6-8H,9-10H2,1-5H3,(H,22,26). The van der Waals surface area contributed by atoms with Gasteiger partial charge in [-0.15, -0.1) is 5.10 Å². The fourth-order valence-electron chi connectivity index (χ4n) is 2.93. The Labute approximate surface area is 173 Å². The number of aromatic nitrogens is 4. The Morgan fingerprint density at radius 1 is 1.17 bits per heavy atom. The predicted octanol–water partition coefficient (Wildman–Crippen LogP) is 2.80. The minimum atomic E-state index is -0.501. The highest BCUT2D eigenvalue weighted by Gasteiger charge is 2.17. The maximum Gasteiger partial charge on any atom is 0.310 e. The van der Waals surface area contributed by atoms with Crippen molar-refractivity contribution in [1.29, 1.82) is 0 Å². The van der Waals surface area contributed by atoms with Crippen LogP contribution in [0.15, 0.2) is 23.4 Å². The lowest BCUT2D eigenvalue weighted by Gasteiger charge is -2.11. The maximum absolute atomic E-state index is 12.3. The molecule has 3 aromatic rings. The number of rotatable bonds is 6. The van der Waals surface area contributed by atoms with E-state index in [1.165, 1.54) is 11.8 Å². The van der Waals surface area contributed by atoms with Crippen LogP contribution in [0.2, 0.25) is 0 Å². The van der Waals surface area contributed by atoms with Crippen molar-refractivity contribution in [3.05, 3.63) is 46.3 Å². The molecule has 0 saturated heterocycles. The second-order valence-electron chi connectivity index (χ2n) is 6.78. The number of amides is 1. The van der Waals surface area contributed by atoms with Crippen molar-refractivity contribution >= 4 is 35.1 Å². The Hall–Kier alpha value is -2.94. The topological polar surface area (TPSA) is 98.5 Å². The molecule has 1 N–H and O–H groups in total. The normalized spacial score (nSPS) is 10.9. The van der Waals surface area contributed by atoms with Gasteiger partial charge in [0.15, 0.2) is 6.61 Å². The van der Waals surface area contributed by atoms with E-state index in [4.69, 9.17) is 4.74 Å². The molecular formula is C20H23N5O3S. The molecule has 2 aromatic heterocycles. The number of thioether (sulfide) groups is 1. The largest absolute Gasteiger partial charge is 0.455 e. The van der Waals surface area contributed by atoms with Crippen molar-refractivity contribution < 1.29 is 14.3 Å². The number of anilines is 1. The van der Waals surface area contributed by atoms with Gasteiger partial charge in [-0.05, 0) is 51.1 Å². The number of carbonyl (C=O) groups excluding carboxylic acids is 2. The van der Waals surface area contributed by atoms with Crippen LogP contribution in [0.3, 0.4) is 0 Å². The number of esters is 1. The molecule has 0 aliphatic rings. The number of hydrogen-bond acceptors (Lipinski definition) is 7. The van der Waals surface area contributed by atoms with Crippen LogP contribution in [0.4, 0.5) is 5.69 Å². The summed E-state index contributed by atoms with van der Waals surface area (Å²) in [5.41, 5.74) is 4.87. The molecule has 0 radical (unpaired) electrons. The van der Waals surface area contributed by atoms with Crippen molar-refractivity contribution in [2.45, 2.75) is 39.3 Å². The second kappa shape index (κ2) is 8.60. The molecule has 0 saturated carbocycles. The van der Waals surface area contributed by atoms with E-state index in [9.17, 15) is 9.59 Å². The first kappa shape index (κ1) is 20.8. The number of nitrogens with zero attached hydrogens (tertiary/aromatic N) is 4. The molecule has 0 bridgehead atoms. The SMILES string of the molecule is CSc1nc2nc(C)c(CC(=O)OCC(=O)Nc3cc(C)ccc3C)c(C)n2n1. The fraction of sp³-hybridized carbons (Fsp3) is 0.350. The van der Waals surface area contributed by atoms with E-state index >= 15 is 0 Å². The average molecular weight is 414 g/mol. The number of aryl methyl sites for hydroxylation is 4. The molecule has 1 aromatic carbocycles. The summed E-state index contributed by atoms with van der Waals surface area (Å²) >= 11 is 1.42. The number of hydrogen-bond donors (Lipinski definition) is 1. The summed E-state index contributed by atoms with van der Waals surface area (Å²) < 4.78 is 6.79.